The van der Waals surface area contributed by atoms with Crippen LogP contribution >= 0.6 is 11.6 Å². The Morgan fingerprint density at radius 3 is 2.86 bits per heavy atom. The Morgan fingerprint density at radius 1 is 1.48 bits per heavy atom. The normalized spacial score (nSPS) is 20.8. The van der Waals surface area contributed by atoms with Crippen molar-refractivity contribution in [1.29, 1.82) is 0 Å². The summed E-state index contributed by atoms with van der Waals surface area (Å²) >= 11 is 6.12. The molecule has 1 amide bonds. The van der Waals surface area contributed by atoms with Crippen LogP contribution in [0.2, 0.25) is 5.02 Å². The molecule has 1 atom stereocenters. The monoisotopic (exact) mass is 309 g/mol. The molecule has 0 N–H and O–H groups in total. The smallest absolute Gasteiger partial charge is 0.257 e. The molecule has 1 unspecified atom stereocenters. The van der Waals surface area contributed by atoms with Gasteiger partial charge in [-0.25, -0.2) is 9.90 Å². The van der Waals surface area contributed by atoms with E-state index in [-0.39, 0.29) is 5.91 Å². The van der Waals surface area contributed by atoms with Crippen molar-refractivity contribution in [2.24, 2.45) is 5.41 Å². The summed E-state index contributed by atoms with van der Waals surface area (Å²) in [5.41, 5.74) is 0.123. The van der Waals surface area contributed by atoms with E-state index in [2.05, 4.69) is 6.58 Å². The van der Waals surface area contributed by atoms with E-state index in [4.69, 9.17) is 21.2 Å². The molecule has 0 bridgehead atoms. The molecule has 2 rings (SSSR count). The summed E-state index contributed by atoms with van der Waals surface area (Å²) in [5, 5.41) is 1.95. The molecule has 1 saturated heterocycles. The minimum absolute atomic E-state index is 0.106. The summed E-state index contributed by atoms with van der Waals surface area (Å²) in [6.07, 6.45) is 1.90. The van der Waals surface area contributed by atoms with Gasteiger partial charge in [-0.3, -0.25) is 4.79 Å². The molecular weight excluding hydrogens is 290 g/mol. The minimum atomic E-state index is -0.720. The molecule has 1 aliphatic heterocycles. The van der Waals surface area contributed by atoms with Crippen LogP contribution in [0.3, 0.4) is 0 Å². The van der Waals surface area contributed by atoms with Gasteiger partial charge in [0, 0.05) is 5.02 Å². The lowest BCUT2D eigenvalue weighted by molar-refractivity contribution is -0.247. The Kier molecular flexibility index (Phi) is 5.04. The number of ether oxygens (including phenoxy) is 1. The van der Waals surface area contributed by atoms with E-state index in [9.17, 15) is 4.79 Å². The predicted molar refractivity (Wildman–Crippen MR) is 81.4 cm³/mol. The first-order valence-corrected chi connectivity index (χ1v) is 7.29. The van der Waals surface area contributed by atoms with Gasteiger partial charge in [0.15, 0.2) is 6.29 Å². The topological polar surface area (TPSA) is 38.8 Å². The van der Waals surface area contributed by atoms with Crippen molar-refractivity contribution in [1.82, 2.24) is 5.06 Å². The van der Waals surface area contributed by atoms with Crippen molar-refractivity contribution in [3.63, 3.8) is 0 Å². The fourth-order valence-corrected chi connectivity index (χ4v) is 2.30. The van der Waals surface area contributed by atoms with Gasteiger partial charge in [-0.05, 0) is 31.9 Å². The standard InChI is InChI=1S/C16H20ClNO3/c1-4-5-10-20-15-16(2,3)14(19)18(21-15)11-12-8-6-7-9-13(12)17/h4,6-9,15H,1,5,10-11H2,2-3H3. The summed E-state index contributed by atoms with van der Waals surface area (Å²) in [5.74, 6) is -0.106. The number of hydrogen-bond donors (Lipinski definition) is 0. The van der Waals surface area contributed by atoms with E-state index in [1.807, 2.05) is 32.0 Å². The maximum Gasteiger partial charge on any atom is 0.257 e. The number of benzene rings is 1. The van der Waals surface area contributed by atoms with Crippen molar-refractivity contribution < 1.29 is 14.4 Å². The molecule has 1 aliphatic rings. The quantitative estimate of drug-likeness (QED) is 0.596. The lowest BCUT2D eigenvalue weighted by Gasteiger charge is -2.20. The highest BCUT2D eigenvalue weighted by molar-refractivity contribution is 6.31. The van der Waals surface area contributed by atoms with Crippen molar-refractivity contribution in [3.8, 4) is 0 Å². The molecule has 1 aromatic rings. The average Bonchev–Trinajstić information content (AvgIpc) is 2.66. The number of hydroxylamine groups is 2. The SMILES string of the molecule is C=CCCOC1ON(Cc2ccccc2Cl)C(=O)C1(C)C. The minimum Gasteiger partial charge on any atom is -0.349 e. The van der Waals surface area contributed by atoms with E-state index in [1.54, 1.807) is 12.1 Å². The molecule has 4 nitrogen and oxygen atoms in total. The van der Waals surface area contributed by atoms with Crippen LogP contribution in [0.25, 0.3) is 0 Å². The largest absolute Gasteiger partial charge is 0.349 e. The van der Waals surface area contributed by atoms with Gasteiger partial charge in [0.2, 0.25) is 0 Å². The second-order valence-corrected chi connectivity index (χ2v) is 5.95. The average molecular weight is 310 g/mol. The number of nitrogens with zero attached hydrogens (tertiary/aromatic N) is 1. The third-order valence-electron chi connectivity index (χ3n) is 3.45. The molecule has 0 saturated carbocycles. The summed E-state index contributed by atoms with van der Waals surface area (Å²) in [7, 11) is 0. The molecule has 0 spiro atoms. The molecule has 0 aromatic heterocycles. The van der Waals surface area contributed by atoms with E-state index in [0.29, 0.717) is 24.6 Å². The molecule has 0 radical (unpaired) electrons. The van der Waals surface area contributed by atoms with Crippen molar-refractivity contribution in [3.05, 3.63) is 47.5 Å². The number of carbonyl (C=O) groups excluding carboxylic acids is 1. The number of carbonyl (C=O) groups is 1. The van der Waals surface area contributed by atoms with Crippen molar-refractivity contribution >= 4 is 17.5 Å². The maximum atomic E-state index is 12.4. The van der Waals surface area contributed by atoms with Crippen LogP contribution in [0.15, 0.2) is 36.9 Å². The molecule has 21 heavy (non-hydrogen) atoms. The van der Waals surface area contributed by atoms with Gasteiger partial charge in [-0.15, -0.1) is 6.58 Å². The van der Waals surface area contributed by atoms with Crippen LogP contribution in [0.5, 0.6) is 0 Å². The van der Waals surface area contributed by atoms with Crippen LogP contribution in [0, 0.1) is 5.41 Å². The van der Waals surface area contributed by atoms with Gasteiger partial charge in [0.1, 0.15) is 0 Å². The third kappa shape index (κ3) is 3.46. The van der Waals surface area contributed by atoms with Crippen LogP contribution in [0.4, 0.5) is 0 Å². The Hall–Kier alpha value is -1.36. The van der Waals surface area contributed by atoms with E-state index in [1.165, 1.54) is 5.06 Å². The molecule has 1 aromatic carbocycles. The van der Waals surface area contributed by atoms with E-state index >= 15 is 0 Å². The summed E-state index contributed by atoms with van der Waals surface area (Å²) in [4.78, 5) is 18.1. The van der Waals surface area contributed by atoms with Crippen LogP contribution in [-0.4, -0.2) is 23.9 Å². The van der Waals surface area contributed by atoms with Gasteiger partial charge in [0.25, 0.3) is 5.91 Å². The molecule has 0 aliphatic carbocycles. The fourth-order valence-electron chi connectivity index (χ4n) is 2.10. The van der Waals surface area contributed by atoms with Gasteiger partial charge in [-0.2, -0.15) is 0 Å². The van der Waals surface area contributed by atoms with Crippen LogP contribution < -0.4 is 0 Å². The third-order valence-corrected chi connectivity index (χ3v) is 3.82. The Bertz CT molecular complexity index is 530. The molecule has 5 heteroatoms. The molecule has 1 heterocycles. The Labute approximate surface area is 130 Å². The maximum absolute atomic E-state index is 12.4. The van der Waals surface area contributed by atoms with Crippen LogP contribution in [0.1, 0.15) is 25.8 Å². The lowest BCUT2D eigenvalue weighted by atomic mass is 9.92. The Balaban J connectivity index is 2.07. The molecular formula is C16H20ClNO3. The zero-order valence-corrected chi connectivity index (χ0v) is 13.1. The van der Waals surface area contributed by atoms with Gasteiger partial charge < -0.3 is 4.74 Å². The van der Waals surface area contributed by atoms with Gasteiger partial charge in [-0.1, -0.05) is 35.9 Å². The van der Waals surface area contributed by atoms with Gasteiger partial charge >= 0.3 is 0 Å². The number of amides is 1. The fraction of sp³-hybridized carbons (Fsp3) is 0.438. The first-order valence-electron chi connectivity index (χ1n) is 6.91. The zero-order chi connectivity index (χ0) is 15.5. The first kappa shape index (κ1) is 16.0. The van der Waals surface area contributed by atoms with Crippen molar-refractivity contribution in [2.45, 2.75) is 33.1 Å². The highest BCUT2D eigenvalue weighted by atomic mass is 35.5. The summed E-state index contributed by atoms with van der Waals surface area (Å²) in [6, 6.07) is 7.40. The molecule has 114 valence electrons. The molecule has 1 fully saturated rings. The second kappa shape index (κ2) is 6.60. The zero-order valence-electron chi connectivity index (χ0n) is 12.3. The highest BCUT2D eigenvalue weighted by Crippen LogP contribution is 2.36. The van der Waals surface area contributed by atoms with Crippen molar-refractivity contribution in [2.75, 3.05) is 6.61 Å². The predicted octanol–water partition coefficient (Wildman–Crippen LogP) is 3.56. The van der Waals surface area contributed by atoms with Gasteiger partial charge in [0.05, 0.1) is 18.6 Å². The number of halogens is 1. The Morgan fingerprint density at radius 2 is 2.19 bits per heavy atom. The van der Waals surface area contributed by atoms with Crippen LogP contribution in [-0.2, 0) is 20.9 Å². The van der Waals surface area contributed by atoms with E-state index < -0.39 is 11.7 Å². The van der Waals surface area contributed by atoms with E-state index in [0.717, 1.165) is 5.56 Å². The highest BCUT2D eigenvalue weighted by Gasteiger charge is 2.49. The number of hydrogen-bond acceptors (Lipinski definition) is 3. The first-order chi connectivity index (χ1) is 9.96. The summed E-state index contributed by atoms with van der Waals surface area (Å²) in [6.45, 7) is 8.07. The number of rotatable bonds is 6. The summed E-state index contributed by atoms with van der Waals surface area (Å²) < 4.78 is 5.64. The second-order valence-electron chi connectivity index (χ2n) is 5.54. The lowest BCUT2D eigenvalue weighted by Crippen LogP contribution is -2.34.